The smallest absolute Gasteiger partial charge is 0.195 e. The topological polar surface area (TPSA) is 45.8 Å². The molecule has 0 saturated carbocycles. The molecule has 0 atom stereocenters. The van der Waals surface area contributed by atoms with Crippen LogP contribution in [0.5, 0.6) is 0 Å². The van der Waals surface area contributed by atoms with Crippen LogP contribution < -0.4 is 0 Å². The molecule has 0 aliphatic carbocycles. The zero-order valence-electron chi connectivity index (χ0n) is 10.3. The van der Waals surface area contributed by atoms with E-state index in [-0.39, 0.29) is 5.78 Å². The molecule has 0 saturated heterocycles. The van der Waals surface area contributed by atoms with E-state index in [9.17, 15) is 4.79 Å². The van der Waals surface area contributed by atoms with E-state index in [1.807, 2.05) is 19.1 Å². The minimum Gasteiger partial charge on any atom is -0.345 e. The van der Waals surface area contributed by atoms with E-state index in [0.717, 1.165) is 10.9 Å². The van der Waals surface area contributed by atoms with Crippen molar-refractivity contribution >= 4 is 28.4 Å². The summed E-state index contributed by atoms with van der Waals surface area (Å²) in [7, 11) is 0. The molecule has 2 aromatic heterocycles. The number of nitrogens with one attached hydrogen (secondary N) is 1. The number of carbonyl (C=O) groups excluding carboxylic acids is 1. The molecule has 1 N–H and O–H groups in total. The summed E-state index contributed by atoms with van der Waals surface area (Å²) in [5.74, 6) is -0.0424. The molecule has 94 valence electrons. The Morgan fingerprint density at radius 2 is 2.05 bits per heavy atom. The van der Waals surface area contributed by atoms with Crippen LogP contribution in [0.2, 0.25) is 5.02 Å². The number of H-pyrrole nitrogens is 1. The molecule has 0 amide bonds. The first kappa shape index (κ1) is 11.9. The second-order valence-electron chi connectivity index (χ2n) is 4.34. The van der Waals surface area contributed by atoms with Gasteiger partial charge in [-0.05, 0) is 30.7 Å². The van der Waals surface area contributed by atoms with Crippen LogP contribution in [0.1, 0.15) is 21.5 Å². The molecule has 19 heavy (non-hydrogen) atoms. The summed E-state index contributed by atoms with van der Waals surface area (Å²) in [5, 5.41) is 1.43. The van der Waals surface area contributed by atoms with Crippen LogP contribution in [0.4, 0.5) is 0 Å². The van der Waals surface area contributed by atoms with Gasteiger partial charge in [0.15, 0.2) is 5.78 Å². The fourth-order valence-corrected chi connectivity index (χ4v) is 2.32. The van der Waals surface area contributed by atoms with Crippen molar-refractivity contribution in [1.29, 1.82) is 0 Å². The molecule has 0 spiro atoms. The molecule has 4 heteroatoms. The van der Waals surface area contributed by atoms with Crippen molar-refractivity contribution < 1.29 is 4.79 Å². The van der Waals surface area contributed by atoms with Crippen LogP contribution in [0.3, 0.4) is 0 Å². The molecule has 3 aromatic rings. The Hall–Kier alpha value is -2.13. The van der Waals surface area contributed by atoms with E-state index >= 15 is 0 Å². The molecule has 3 nitrogen and oxygen atoms in total. The van der Waals surface area contributed by atoms with Crippen molar-refractivity contribution in [3.05, 3.63) is 64.4 Å². The van der Waals surface area contributed by atoms with Gasteiger partial charge in [0.1, 0.15) is 5.65 Å². The Bertz CT molecular complexity index is 777. The summed E-state index contributed by atoms with van der Waals surface area (Å²) < 4.78 is 0. The first-order valence-corrected chi connectivity index (χ1v) is 6.28. The van der Waals surface area contributed by atoms with Gasteiger partial charge >= 0.3 is 0 Å². The van der Waals surface area contributed by atoms with E-state index in [4.69, 9.17) is 11.6 Å². The predicted octanol–water partition coefficient (Wildman–Crippen LogP) is 3.76. The first-order valence-electron chi connectivity index (χ1n) is 5.90. The normalized spacial score (nSPS) is 10.8. The molecule has 0 aliphatic heterocycles. The summed E-state index contributed by atoms with van der Waals surface area (Å²) >= 11 is 6.07. The van der Waals surface area contributed by atoms with Crippen LogP contribution in [-0.2, 0) is 0 Å². The van der Waals surface area contributed by atoms with E-state index < -0.39 is 0 Å². The zero-order valence-corrected chi connectivity index (χ0v) is 11.0. The maximum absolute atomic E-state index is 12.6. The number of hydrogen-bond donors (Lipinski definition) is 1. The highest BCUT2D eigenvalue weighted by Crippen LogP contribution is 2.24. The van der Waals surface area contributed by atoms with Gasteiger partial charge in [0.05, 0.1) is 0 Å². The SMILES string of the molecule is Cc1c(Cl)cccc1C(=O)c1c[nH]c2ncccc12. The van der Waals surface area contributed by atoms with E-state index in [1.54, 1.807) is 30.6 Å². The zero-order chi connectivity index (χ0) is 13.4. The third-order valence-electron chi connectivity index (χ3n) is 3.21. The molecule has 2 heterocycles. The number of nitrogens with zero attached hydrogens (tertiary/aromatic N) is 1. The minimum absolute atomic E-state index is 0.0424. The Morgan fingerprint density at radius 1 is 1.21 bits per heavy atom. The molecular weight excluding hydrogens is 260 g/mol. The molecule has 0 fully saturated rings. The highest BCUT2D eigenvalue weighted by Gasteiger charge is 2.17. The van der Waals surface area contributed by atoms with Crippen LogP contribution in [0, 0.1) is 6.92 Å². The third kappa shape index (κ3) is 1.92. The number of benzene rings is 1. The third-order valence-corrected chi connectivity index (χ3v) is 3.62. The standard InChI is InChI=1S/C15H11ClN2O/c1-9-10(4-2-6-13(9)16)14(19)12-8-18-15-11(12)5-3-7-17-15/h2-8H,1H3,(H,17,18). The van der Waals surface area contributed by atoms with Gasteiger partial charge < -0.3 is 4.98 Å². The lowest BCUT2D eigenvalue weighted by Crippen LogP contribution is -2.03. The van der Waals surface area contributed by atoms with Gasteiger partial charge in [-0.2, -0.15) is 0 Å². The Kier molecular flexibility index (Phi) is 2.84. The summed E-state index contributed by atoms with van der Waals surface area (Å²) in [6, 6.07) is 9.06. The first-order chi connectivity index (χ1) is 9.18. The number of aromatic nitrogens is 2. The van der Waals surface area contributed by atoms with Crippen molar-refractivity contribution in [2.24, 2.45) is 0 Å². The second kappa shape index (κ2) is 4.52. The summed E-state index contributed by atoms with van der Waals surface area (Å²) in [5.41, 5.74) is 2.75. The molecular formula is C15H11ClN2O. The quantitative estimate of drug-likeness (QED) is 0.721. The van der Waals surface area contributed by atoms with Gasteiger partial charge in [0.2, 0.25) is 0 Å². The Morgan fingerprint density at radius 3 is 2.89 bits per heavy atom. The maximum atomic E-state index is 12.6. The van der Waals surface area contributed by atoms with Crippen molar-refractivity contribution in [3.63, 3.8) is 0 Å². The average molecular weight is 271 g/mol. The predicted molar refractivity (Wildman–Crippen MR) is 75.7 cm³/mol. The molecule has 0 bridgehead atoms. The van der Waals surface area contributed by atoms with Crippen molar-refractivity contribution in [3.8, 4) is 0 Å². The molecule has 0 aliphatic rings. The Labute approximate surface area is 115 Å². The minimum atomic E-state index is -0.0424. The lowest BCUT2D eigenvalue weighted by atomic mass is 9.99. The van der Waals surface area contributed by atoms with Crippen LogP contribution in [0.15, 0.2) is 42.7 Å². The summed E-state index contributed by atoms with van der Waals surface area (Å²) in [4.78, 5) is 19.8. The monoisotopic (exact) mass is 270 g/mol. The van der Waals surface area contributed by atoms with E-state index in [1.165, 1.54) is 0 Å². The number of fused-ring (bicyclic) bond motifs is 1. The number of aromatic amines is 1. The fraction of sp³-hybridized carbons (Fsp3) is 0.0667. The lowest BCUT2D eigenvalue weighted by Gasteiger charge is -2.05. The summed E-state index contributed by atoms with van der Waals surface area (Å²) in [6.45, 7) is 1.85. The number of halogens is 1. The number of hydrogen-bond acceptors (Lipinski definition) is 2. The molecule has 3 rings (SSSR count). The van der Waals surface area contributed by atoms with Gasteiger partial charge in [-0.25, -0.2) is 4.98 Å². The highest BCUT2D eigenvalue weighted by atomic mass is 35.5. The Balaban J connectivity index is 2.17. The van der Waals surface area contributed by atoms with Crippen LogP contribution in [0.25, 0.3) is 11.0 Å². The van der Waals surface area contributed by atoms with E-state index in [2.05, 4.69) is 9.97 Å². The second-order valence-corrected chi connectivity index (χ2v) is 4.75. The number of ketones is 1. The van der Waals surface area contributed by atoms with Gasteiger partial charge in [0, 0.05) is 33.9 Å². The van der Waals surface area contributed by atoms with Gasteiger partial charge in [-0.3, -0.25) is 4.79 Å². The van der Waals surface area contributed by atoms with Gasteiger partial charge in [-0.1, -0.05) is 23.7 Å². The van der Waals surface area contributed by atoms with Gasteiger partial charge in [-0.15, -0.1) is 0 Å². The molecule has 0 unspecified atom stereocenters. The highest BCUT2D eigenvalue weighted by molar-refractivity contribution is 6.32. The van der Waals surface area contributed by atoms with Crippen molar-refractivity contribution in [2.45, 2.75) is 6.92 Å². The largest absolute Gasteiger partial charge is 0.345 e. The fourth-order valence-electron chi connectivity index (χ4n) is 2.14. The summed E-state index contributed by atoms with van der Waals surface area (Å²) in [6.07, 6.45) is 3.39. The molecule has 1 aromatic carbocycles. The lowest BCUT2D eigenvalue weighted by molar-refractivity contribution is 0.104. The van der Waals surface area contributed by atoms with Crippen LogP contribution in [-0.4, -0.2) is 15.8 Å². The van der Waals surface area contributed by atoms with E-state index in [0.29, 0.717) is 21.8 Å². The van der Waals surface area contributed by atoms with Crippen LogP contribution >= 0.6 is 11.6 Å². The van der Waals surface area contributed by atoms with Crippen molar-refractivity contribution in [2.75, 3.05) is 0 Å². The molecule has 0 radical (unpaired) electrons. The van der Waals surface area contributed by atoms with Crippen molar-refractivity contribution in [1.82, 2.24) is 9.97 Å². The maximum Gasteiger partial charge on any atom is 0.195 e. The number of pyridine rings is 1. The number of rotatable bonds is 2. The van der Waals surface area contributed by atoms with Gasteiger partial charge in [0.25, 0.3) is 0 Å². The average Bonchev–Trinajstić information content (AvgIpc) is 2.85. The number of carbonyl (C=O) groups is 1.